The second-order valence-electron chi connectivity index (χ2n) is 5.59. The lowest BCUT2D eigenvalue weighted by atomic mass is 10.0. The zero-order chi connectivity index (χ0) is 17.7. The van der Waals surface area contributed by atoms with E-state index in [0.29, 0.717) is 17.7 Å². The number of esters is 1. The van der Waals surface area contributed by atoms with Crippen molar-refractivity contribution in [1.29, 1.82) is 0 Å². The van der Waals surface area contributed by atoms with E-state index < -0.39 is 17.9 Å². The van der Waals surface area contributed by atoms with Gasteiger partial charge in [-0.3, -0.25) is 4.79 Å². The van der Waals surface area contributed by atoms with Gasteiger partial charge in [-0.25, -0.2) is 4.79 Å². The van der Waals surface area contributed by atoms with E-state index >= 15 is 0 Å². The van der Waals surface area contributed by atoms with Gasteiger partial charge in [0, 0.05) is 4.47 Å². The Morgan fingerprint density at radius 3 is 2.71 bits per heavy atom. The van der Waals surface area contributed by atoms with Gasteiger partial charge < -0.3 is 10.1 Å². The minimum atomic E-state index is -0.719. The first-order chi connectivity index (χ1) is 11.4. The van der Waals surface area contributed by atoms with E-state index in [4.69, 9.17) is 4.74 Å². The number of halogens is 1. The summed E-state index contributed by atoms with van der Waals surface area (Å²) in [6.07, 6.45) is 1.87. The number of nitrogens with one attached hydrogen (secondary N) is 1. The Labute approximate surface area is 147 Å². The third-order valence-electron chi connectivity index (χ3n) is 3.30. The highest BCUT2D eigenvalue weighted by molar-refractivity contribution is 9.10. The topological polar surface area (TPSA) is 99.0 Å². The van der Waals surface area contributed by atoms with Crippen molar-refractivity contribution in [2.24, 2.45) is 5.92 Å². The Morgan fingerprint density at radius 2 is 2.12 bits per heavy atom. The van der Waals surface area contributed by atoms with Gasteiger partial charge in [-0.05, 0) is 41.0 Å². The summed E-state index contributed by atoms with van der Waals surface area (Å²) in [6.45, 7) is 3.93. The normalized spacial score (nSPS) is 12.0. The molecule has 0 saturated heterocycles. The van der Waals surface area contributed by atoms with Gasteiger partial charge in [-0.15, -0.1) is 5.10 Å². The second-order valence-corrected chi connectivity index (χ2v) is 6.51. The number of hydrogen-bond donors (Lipinski definition) is 1. The molecule has 0 radical (unpaired) electrons. The molecule has 1 N–H and O–H groups in total. The van der Waals surface area contributed by atoms with Crippen molar-refractivity contribution in [3.8, 4) is 5.69 Å². The van der Waals surface area contributed by atoms with Crippen molar-refractivity contribution in [1.82, 2.24) is 25.5 Å². The molecule has 0 spiro atoms. The molecule has 0 aliphatic heterocycles. The van der Waals surface area contributed by atoms with Crippen LogP contribution in [0.2, 0.25) is 0 Å². The Hall–Kier alpha value is -2.29. The number of nitrogens with zero attached hydrogens (tertiary/aromatic N) is 4. The summed E-state index contributed by atoms with van der Waals surface area (Å²) in [5.41, 5.74) is 0.850. The summed E-state index contributed by atoms with van der Waals surface area (Å²) >= 11 is 3.34. The molecule has 1 heterocycles. The van der Waals surface area contributed by atoms with Crippen molar-refractivity contribution in [3.05, 3.63) is 34.6 Å². The summed E-state index contributed by atoms with van der Waals surface area (Å²) in [5.74, 6) is -0.662. The predicted octanol–water partition coefficient (Wildman–Crippen LogP) is 1.74. The Morgan fingerprint density at radius 1 is 1.38 bits per heavy atom. The zero-order valence-electron chi connectivity index (χ0n) is 13.6. The Balaban J connectivity index is 2.31. The fourth-order valence-electron chi connectivity index (χ4n) is 2.23. The molecule has 1 aromatic carbocycles. The molecule has 0 fully saturated rings. The van der Waals surface area contributed by atoms with Crippen molar-refractivity contribution >= 4 is 27.8 Å². The van der Waals surface area contributed by atoms with Gasteiger partial charge >= 0.3 is 5.97 Å². The van der Waals surface area contributed by atoms with Crippen LogP contribution in [-0.2, 0) is 9.53 Å². The third-order valence-corrected chi connectivity index (χ3v) is 3.79. The van der Waals surface area contributed by atoms with E-state index in [1.165, 1.54) is 18.1 Å². The molecular formula is C15H18BrN5O3. The van der Waals surface area contributed by atoms with Crippen LogP contribution >= 0.6 is 15.9 Å². The summed E-state index contributed by atoms with van der Waals surface area (Å²) < 4.78 is 6.89. The first-order valence-corrected chi connectivity index (χ1v) is 8.13. The SMILES string of the molecule is COC(=O)[C@@H](CC(C)C)NC(=O)c1cc(Br)ccc1-n1cnnn1. The molecule has 0 aliphatic rings. The van der Waals surface area contributed by atoms with E-state index in [9.17, 15) is 9.59 Å². The summed E-state index contributed by atoms with van der Waals surface area (Å²) in [5, 5.41) is 13.7. The van der Waals surface area contributed by atoms with Crippen LogP contribution in [0.5, 0.6) is 0 Å². The largest absolute Gasteiger partial charge is 0.467 e. The number of rotatable bonds is 6. The quantitative estimate of drug-likeness (QED) is 0.747. The van der Waals surface area contributed by atoms with E-state index in [1.54, 1.807) is 18.2 Å². The zero-order valence-corrected chi connectivity index (χ0v) is 15.1. The minimum Gasteiger partial charge on any atom is -0.467 e. The Bertz CT molecular complexity index is 718. The first kappa shape index (κ1) is 18.1. The molecule has 9 heteroatoms. The number of carbonyl (C=O) groups is 2. The monoisotopic (exact) mass is 395 g/mol. The second kappa shape index (κ2) is 8.00. The molecule has 8 nitrogen and oxygen atoms in total. The van der Waals surface area contributed by atoms with Crippen molar-refractivity contribution in [2.75, 3.05) is 7.11 Å². The van der Waals surface area contributed by atoms with Gasteiger partial charge in [0.15, 0.2) is 0 Å². The fraction of sp³-hybridized carbons (Fsp3) is 0.400. The van der Waals surface area contributed by atoms with Crippen molar-refractivity contribution in [3.63, 3.8) is 0 Å². The number of ether oxygens (including phenoxy) is 1. The van der Waals surface area contributed by atoms with E-state index in [0.717, 1.165) is 4.47 Å². The van der Waals surface area contributed by atoms with Crippen LogP contribution in [0.4, 0.5) is 0 Å². The smallest absolute Gasteiger partial charge is 0.328 e. The molecule has 0 aliphatic carbocycles. The minimum absolute atomic E-state index is 0.218. The van der Waals surface area contributed by atoms with E-state index in [1.807, 2.05) is 13.8 Å². The van der Waals surface area contributed by atoms with Gasteiger partial charge in [0.05, 0.1) is 18.4 Å². The predicted molar refractivity (Wildman–Crippen MR) is 89.6 cm³/mol. The molecule has 2 rings (SSSR count). The summed E-state index contributed by atoms with van der Waals surface area (Å²) in [6, 6.07) is 4.42. The fourth-order valence-corrected chi connectivity index (χ4v) is 2.59. The molecule has 0 bridgehead atoms. The van der Waals surface area contributed by atoms with Gasteiger partial charge in [0.2, 0.25) is 0 Å². The van der Waals surface area contributed by atoms with Crippen LogP contribution in [0.3, 0.4) is 0 Å². The maximum atomic E-state index is 12.7. The molecule has 1 aromatic heterocycles. The van der Waals surface area contributed by atoms with E-state index in [2.05, 4.69) is 36.8 Å². The molecule has 1 atom stereocenters. The standard InChI is InChI=1S/C15H18BrN5O3/c1-9(2)6-12(15(23)24-3)18-14(22)11-7-10(16)4-5-13(11)21-8-17-19-20-21/h4-5,7-9,12H,6H2,1-3H3,(H,18,22)/t12-/m1/s1. The molecule has 0 unspecified atom stereocenters. The molecule has 2 aromatic rings. The summed E-state index contributed by atoms with van der Waals surface area (Å²) in [4.78, 5) is 24.6. The molecule has 1 amide bonds. The van der Waals surface area contributed by atoms with Crippen molar-refractivity contribution < 1.29 is 14.3 Å². The number of hydrogen-bond acceptors (Lipinski definition) is 6. The number of amides is 1. The van der Waals surface area contributed by atoms with Crippen LogP contribution in [-0.4, -0.2) is 45.2 Å². The summed E-state index contributed by atoms with van der Waals surface area (Å²) in [7, 11) is 1.30. The number of benzene rings is 1. The van der Waals surface area contributed by atoms with E-state index in [-0.39, 0.29) is 5.92 Å². The number of methoxy groups -OCH3 is 1. The van der Waals surface area contributed by atoms with Crippen LogP contribution in [0.15, 0.2) is 29.0 Å². The van der Waals surface area contributed by atoms with Gasteiger partial charge in [0.1, 0.15) is 12.4 Å². The third kappa shape index (κ3) is 4.38. The van der Waals surface area contributed by atoms with Gasteiger partial charge in [0.25, 0.3) is 5.91 Å². The van der Waals surface area contributed by atoms with Crippen molar-refractivity contribution in [2.45, 2.75) is 26.3 Å². The average Bonchev–Trinajstić information content (AvgIpc) is 3.07. The first-order valence-electron chi connectivity index (χ1n) is 7.34. The van der Waals surface area contributed by atoms with Crippen LogP contribution < -0.4 is 5.32 Å². The van der Waals surface area contributed by atoms with Crippen LogP contribution in [0.1, 0.15) is 30.6 Å². The lowest BCUT2D eigenvalue weighted by molar-refractivity contribution is -0.143. The lowest BCUT2D eigenvalue weighted by Crippen LogP contribution is -2.42. The number of tetrazole rings is 1. The highest BCUT2D eigenvalue weighted by Crippen LogP contribution is 2.20. The number of aromatic nitrogens is 4. The highest BCUT2D eigenvalue weighted by atomic mass is 79.9. The average molecular weight is 396 g/mol. The number of carbonyl (C=O) groups excluding carboxylic acids is 2. The van der Waals surface area contributed by atoms with Crippen LogP contribution in [0.25, 0.3) is 5.69 Å². The molecule has 24 heavy (non-hydrogen) atoms. The maximum Gasteiger partial charge on any atom is 0.328 e. The van der Waals surface area contributed by atoms with Gasteiger partial charge in [-0.2, -0.15) is 4.68 Å². The van der Waals surface area contributed by atoms with Crippen LogP contribution in [0, 0.1) is 5.92 Å². The Kier molecular flexibility index (Phi) is 6.02. The molecular weight excluding hydrogens is 378 g/mol. The van der Waals surface area contributed by atoms with Gasteiger partial charge in [-0.1, -0.05) is 29.8 Å². The highest BCUT2D eigenvalue weighted by Gasteiger charge is 2.25. The molecule has 0 saturated carbocycles. The lowest BCUT2D eigenvalue weighted by Gasteiger charge is -2.19. The maximum absolute atomic E-state index is 12.7. The molecule has 128 valence electrons.